The Morgan fingerprint density at radius 2 is 2.13 bits per heavy atom. The molecule has 3 rings (SSSR count). The maximum atomic E-state index is 12.0. The summed E-state index contributed by atoms with van der Waals surface area (Å²) < 4.78 is 5.23. The first kappa shape index (κ1) is 15.6. The Hall–Kier alpha value is -2.32. The molecule has 5 heteroatoms. The van der Waals surface area contributed by atoms with Crippen molar-refractivity contribution < 1.29 is 9.53 Å². The van der Waals surface area contributed by atoms with Crippen LogP contribution in [0.3, 0.4) is 0 Å². The Kier molecular flexibility index (Phi) is 4.10. The van der Waals surface area contributed by atoms with Crippen LogP contribution in [-0.2, 0) is 23.2 Å². The fraction of sp³-hybridized carbons (Fsp3) is 0.333. The summed E-state index contributed by atoms with van der Waals surface area (Å²) in [7, 11) is 0. The van der Waals surface area contributed by atoms with Crippen LogP contribution in [0.5, 0.6) is 0 Å². The second kappa shape index (κ2) is 6.05. The van der Waals surface area contributed by atoms with Crippen molar-refractivity contribution in [2.75, 3.05) is 5.32 Å². The molecule has 0 saturated heterocycles. The lowest BCUT2D eigenvalue weighted by Crippen LogP contribution is -2.16. The number of carbonyl (C=O) groups excluding carboxylic acids is 1. The van der Waals surface area contributed by atoms with Gasteiger partial charge in [0.05, 0.1) is 5.56 Å². The third-order valence-corrected chi connectivity index (χ3v) is 5.34. The number of rotatable bonds is 3. The van der Waals surface area contributed by atoms with Gasteiger partial charge in [0.15, 0.2) is 0 Å². The fourth-order valence-corrected chi connectivity index (χ4v) is 4.28. The number of fused-ring (bicyclic) bond motifs is 1. The number of hydrogen-bond acceptors (Lipinski definition) is 4. The third kappa shape index (κ3) is 3.08. The third-order valence-electron chi connectivity index (χ3n) is 4.18. The van der Waals surface area contributed by atoms with Crippen LogP contribution in [0.2, 0.25) is 0 Å². The number of thiophene rings is 1. The second-order valence-electron chi connectivity index (χ2n) is 6.29. The number of hydrogen-bond donors (Lipinski definition) is 1. The molecule has 2 aromatic rings. The lowest BCUT2D eigenvalue weighted by Gasteiger charge is -2.18. The van der Waals surface area contributed by atoms with Crippen LogP contribution < -0.4 is 5.32 Å². The number of nitriles is 1. The van der Waals surface area contributed by atoms with E-state index in [4.69, 9.17) is 4.74 Å². The van der Waals surface area contributed by atoms with Gasteiger partial charge in [0.25, 0.3) is 0 Å². The number of aryl methyl sites for hydroxylation is 1. The van der Waals surface area contributed by atoms with Crippen LogP contribution in [-0.4, -0.2) is 6.09 Å². The number of carbonyl (C=O) groups is 1. The normalized spacial score (nSPS) is 14.8. The molecule has 1 aromatic heterocycles. The van der Waals surface area contributed by atoms with Crippen molar-refractivity contribution in [3.63, 3.8) is 0 Å². The topological polar surface area (TPSA) is 62.1 Å². The zero-order valence-corrected chi connectivity index (χ0v) is 14.0. The van der Waals surface area contributed by atoms with Crippen LogP contribution in [0, 0.1) is 11.3 Å². The van der Waals surface area contributed by atoms with Crippen LogP contribution in [0.4, 0.5) is 9.80 Å². The molecule has 1 aliphatic carbocycles. The molecule has 0 spiro atoms. The molecule has 0 fully saturated rings. The van der Waals surface area contributed by atoms with Crippen LogP contribution in [0.1, 0.15) is 41.8 Å². The maximum Gasteiger partial charge on any atom is 0.412 e. The summed E-state index contributed by atoms with van der Waals surface area (Å²) in [4.78, 5) is 13.2. The molecule has 0 aliphatic heterocycles. The summed E-state index contributed by atoms with van der Waals surface area (Å²) in [6.07, 6.45) is 1.48. The summed E-state index contributed by atoms with van der Waals surface area (Å²) in [5, 5.41) is 12.8. The van der Waals surface area contributed by atoms with Crippen molar-refractivity contribution in [3.05, 3.63) is 51.9 Å². The van der Waals surface area contributed by atoms with E-state index in [0.29, 0.717) is 10.6 Å². The zero-order valence-electron chi connectivity index (χ0n) is 13.2. The van der Waals surface area contributed by atoms with E-state index in [1.165, 1.54) is 16.2 Å². The first-order chi connectivity index (χ1) is 11.0. The highest BCUT2D eigenvalue weighted by Gasteiger charge is 2.36. The Morgan fingerprint density at radius 1 is 1.39 bits per heavy atom. The van der Waals surface area contributed by atoms with E-state index in [1.807, 2.05) is 30.3 Å². The molecule has 0 atom stereocenters. The molecule has 1 amide bonds. The van der Waals surface area contributed by atoms with E-state index < -0.39 is 6.09 Å². The van der Waals surface area contributed by atoms with Crippen molar-refractivity contribution in [3.8, 4) is 6.07 Å². The average Bonchev–Trinajstić information content (AvgIpc) is 3.03. The molecule has 1 heterocycles. The highest BCUT2D eigenvalue weighted by molar-refractivity contribution is 7.16. The quantitative estimate of drug-likeness (QED) is 0.897. The molecule has 1 aromatic carbocycles. The Bertz CT molecular complexity index is 772. The van der Waals surface area contributed by atoms with Gasteiger partial charge in [0.1, 0.15) is 17.7 Å². The molecular weight excluding hydrogens is 308 g/mol. The lowest BCUT2D eigenvalue weighted by atomic mass is 9.85. The second-order valence-corrected chi connectivity index (χ2v) is 7.39. The molecule has 1 aliphatic rings. The Morgan fingerprint density at radius 3 is 2.83 bits per heavy atom. The first-order valence-electron chi connectivity index (χ1n) is 7.55. The van der Waals surface area contributed by atoms with E-state index in [-0.39, 0.29) is 12.0 Å². The predicted molar refractivity (Wildman–Crippen MR) is 90.6 cm³/mol. The summed E-state index contributed by atoms with van der Waals surface area (Å²) in [6.45, 7) is 4.50. The molecule has 0 saturated carbocycles. The number of amides is 1. The predicted octanol–water partition coefficient (Wildman–Crippen LogP) is 4.59. The first-order valence-corrected chi connectivity index (χ1v) is 8.37. The molecule has 1 N–H and O–H groups in total. The Balaban J connectivity index is 1.72. The van der Waals surface area contributed by atoms with Crippen LogP contribution >= 0.6 is 11.3 Å². The minimum atomic E-state index is -0.525. The summed E-state index contributed by atoms with van der Waals surface area (Å²) in [6, 6.07) is 11.8. The van der Waals surface area contributed by atoms with Crippen molar-refractivity contribution in [1.82, 2.24) is 0 Å². The van der Waals surface area contributed by atoms with E-state index in [9.17, 15) is 10.1 Å². The number of nitrogens with one attached hydrogen (secondary N) is 1. The molecular formula is C18H18N2O2S. The fourth-order valence-electron chi connectivity index (χ4n) is 2.97. The Labute approximate surface area is 139 Å². The van der Waals surface area contributed by atoms with Crippen molar-refractivity contribution in [2.24, 2.45) is 0 Å². The highest BCUT2D eigenvalue weighted by atomic mass is 32.1. The van der Waals surface area contributed by atoms with E-state index in [0.717, 1.165) is 24.0 Å². The van der Waals surface area contributed by atoms with Gasteiger partial charge in [-0.2, -0.15) is 5.26 Å². The van der Waals surface area contributed by atoms with Gasteiger partial charge in [-0.1, -0.05) is 44.2 Å². The smallest absolute Gasteiger partial charge is 0.412 e. The zero-order chi connectivity index (χ0) is 16.4. The standard InChI is InChI=1S/C18H18N2O2S/c1-18(2)9-8-14-15(18)13(10-19)16(23-14)20-17(21)22-11-12-6-4-3-5-7-12/h3-7H,8-9,11H2,1-2H3,(H,20,21). The summed E-state index contributed by atoms with van der Waals surface area (Å²) >= 11 is 1.49. The van der Waals surface area contributed by atoms with Gasteiger partial charge >= 0.3 is 6.09 Å². The molecule has 118 valence electrons. The van der Waals surface area contributed by atoms with Gasteiger partial charge in [-0.15, -0.1) is 11.3 Å². The largest absolute Gasteiger partial charge is 0.444 e. The molecule has 0 radical (unpaired) electrons. The molecule has 23 heavy (non-hydrogen) atoms. The number of ether oxygens (including phenoxy) is 1. The lowest BCUT2D eigenvalue weighted by molar-refractivity contribution is 0.155. The highest BCUT2D eigenvalue weighted by Crippen LogP contribution is 2.47. The van der Waals surface area contributed by atoms with Gasteiger partial charge < -0.3 is 4.74 Å². The number of nitrogens with zero attached hydrogens (tertiary/aromatic N) is 1. The summed E-state index contributed by atoms with van der Waals surface area (Å²) in [5.74, 6) is 0. The van der Waals surface area contributed by atoms with Gasteiger partial charge in [-0.25, -0.2) is 4.79 Å². The molecule has 4 nitrogen and oxygen atoms in total. The molecule has 0 bridgehead atoms. The summed E-state index contributed by atoms with van der Waals surface area (Å²) in [5.41, 5.74) is 2.59. The van der Waals surface area contributed by atoms with Crippen LogP contribution in [0.25, 0.3) is 0 Å². The van der Waals surface area contributed by atoms with Crippen molar-refractivity contribution in [1.29, 1.82) is 5.26 Å². The van der Waals surface area contributed by atoms with Crippen molar-refractivity contribution in [2.45, 2.75) is 38.7 Å². The van der Waals surface area contributed by atoms with Crippen LogP contribution in [0.15, 0.2) is 30.3 Å². The van der Waals surface area contributed by atoms with Crippen molar-refractivity contribution >= 4 is 22.4 Å². The SMILES string of the molecule is CC1(C)CCc2sc(NC(=O)OCc3ccccc3)c(C#N)c21. The van der Waals surface area contributed by atoms with Gasteiger partial charge in [-0.05, 0) is 29.4 Å². The number of anilines is 1. The number of benzene rings is 1. The average molecular weight is 326 g/mol. The van der Waals surface area contributed by atoms with E-state index >= 15 is 0 Å². The maximum absolute atomic E-state index is 12.0. The molecule has 0 unspecified atom stereocenters. The van der Waals surface area contributed by atoms with Gasteiger partial charge in [0.2, 0.25) is 0 Å². The van der Waals surface area contributed by atoms with E-state index in [2.05, 4.69) is 25.2 Å². The minimum absolute atomic E-state index is 0.00916. The monoisotopic (exact) mass is 326 g/mol. The van der Waals surface area contributed by atoms with E-state index in [1.54, 1.807) is 0 Å². The minimum Gasteiger partial charge on any atom is -0.444 e. The van der Waals surface area contributed by atoms with Gasteiger partial charge in [-0.3, -0.25) is 5.32 Å². The van der Waals surface area contributed by atoms with Gasteiger partial charge in [0, 0.05) is 4.88 Å².